The van der Waals surface area contributed by atoms with Gasteiger partial charge < -0.3 is 19.9 Å². The molecule has 2 fully saturated rings. The lowest BCUT2D eigenvalue weighted by Crippen LogP contribution is -2.36. The van der Waals surface area contributed by atoms with Gasteiger partial charge in [0, 0.05) is 6.04 Å². The molecule has 0 spiro atoms. The zero-order valence-electron chi connectivity index (χ0n) is 14.7. The molecule has 0 bridgehead atoms. The Balaban J connectivity index is 1.63. The number of nitrogens with one attached hydrogen (secondary N) is 1. The first-order chi connectivity index (χ1) is 12.2. The highest BCUT2D eigenvalue weighted by atomic mass is 16.5. The Morgan fingerprint density at radius 2 is 1.96 bits per heavy atom. The first-order valence-corrected chi connectivity index (χ1v) is 9.22. The van der Waals surface area contributed by atoms with Crippen LogP contribution in [-0.4, -0.2) is 46.3 Å². The largest absolute Gasteiger partial charge is 0.480 e. The van der Waals surface area contributed by atoms with Crippen molar-refractivity contribution in [2.24, 2.45) is 0 Å². The van der Waals surface area contributed by atoms with Crippen LogP contribution < -0.4 is 14.8 Å². The number of carbonyl (C=O) groups is 1. The van der Waals surface area contributed by atoms with Gasteiger partial charge in [-0.1, -0.05) is 12.8 Å². The first kappa shape index (κ1) is 17.9. The quantitative estimate of drug-likeness (QED) is 0.847. The predicted octanol–water partition coefficient (Wildman–Crippen LogP) is 2.23. The van der Waals surface area contributed by atoms with E-state index in [0.717, 1.165) is 44.9 Å². The van der Waals surface area contributed by atoms with Gasteiger partial charge in [0.05, 0.1) is 19.4 Å². The molecule has 2 saturated carbocycles. The van der Waals surface area contributed by atoms with Crippen LogP contribution in [0.2, 0.25) is 0 Å². The fraction of sp³-hybridized carbons (Fsp3) is 0.722. The second-order valence-corrected chi connectivity index (χ2v) is 6.93. The van der Waals surface area contributed by atoms with Crippen molar-refractivity contribution in [3.8, 4) is 11.9 Å². The van der Waals surface area contributed by atoms with Gasteiger partial charge in [0.2, 0.25) is 5.88 Å². The number of aromatic nitrogens is 2. The van der Waals surface area contributed by atoms with Crippen LogP contribution in [0.1, 0.15) is 68.1 Å². The monoisotopic (exact) mass is 349 g/mol. The van der Waals surface area contributed by atoms with Gasteiger partial charge in [-0.25, -0.2) is 4.98 Å². The van der Waals surface area contributed by atoms with E-state index < -0.39 is 0 Å². The van der Waals surface area contributed by atoms with E-state index in [0.29, 0.717) is 12.0 Å². The molecule has 7 heteroatoms. The van der Waals surface area contributed by atoms with Gasteiger partial charge in [0.1, 0.15) is 11.7 Å². The summed E-state index contributed by atoms with van der Waals surface area (Å²) in [5.74, 6) is -0.0141. The number of hydrogen-bond donors (Lipinski definition) is 2. The maximum absolute atomic E-state index is 12.6. The van der Waals surface area contributed by atoms with Crippen LogP contribution in [0.15, 0.2) is 6.20 Å². The summed E-state index contributed by atoms with van der Waals surface area (Å²) in [4.78, 5) is 21.0. The van der Waals surface area contributed by atoms with E-state index in [2.05, 4.69) is 15.3 Å². The van der Waals surface area contributed by atoms with Crippen molar-refractivity contribution in [3.05, 3.63) is 11.8 Å². The van der Waals surface area contributed by atoms with E-state index in [1.807, 2.05) is 0 Å². The van der Waals surface area contributed by atoms with Crippen molar-refractivity contribution in [2.45, 2.75) is 76.0 Å². The van der Waals surface area contributed by atoms with Gasteiger partial charge in [0.25, 0.3) is 5.91 Å². The summed E-state index contributed by atoms with van der Waals surface area (Å²) in [6.07, 6.45) is 9.83. The molecule has 2 aliphatic carbocycles. The molecule has 0 saturated heterocycles. The Labute approximate surface area is 148 Å². The summed E-state index contributed by atoms with van der Waals surface area (Å²) >= 11 is 0. The molecule has 2 atom stereocenters. The lowest BCUT2D eigenvalue weighted by atomic mass is 9.95. The number of amides is 1. The molecule has 2 N–H and O–H groups in total. The van der Waals surface area contributed by atoms with Crippen molar-refractivity contribution < 1.29 is 19.4 Å². The van der Waals surface area contributed by atoms with Gasteiger partial charge in [-0.05, 0) is 44.9 Å². The molecule has 1 aromatic heterocycles. The third-order valence-electron chi connectivity index (χ3n) is 5.02. The molecule has 2 aliphatic rings. The number of hydrogen-bond acceptors (Lipinski definition) is 6. The Bertz CT molecular complexity index is 592. The molecule has 7 nitrogen and oxygen atoms in total. The number of methoxy groups -OCH3 is 1. The topological polar surface area (TPSA) is 93.6 Å². The summed E-state index contributed by atoms with van der Waals surface area (Å²) in [7, 11) is 1.48. The van der Waals surface area contributed by atoms with Gasteiger partial charge in [-0.2, -0.15) is 4.98 Å². The number of rotatable bonds is 5. The number of nitrogens with zero attached hydrogens (tertiary/aromatic N) is 2. The molecule has 3 rings (SSSR count). The molecule has 0 aromatic carbocycles. The third-order valence-corrected chi connectivity index (χ3v) is 5.02. The van der Waals surface area contributed by atoms with E-state index in [4.69, 9.17) is 9.47 Å². The molecular formula is C18H27N3O4. The summed E-state index contributed by atoms with van der Waals surface area (Å²) in [5.41, 5.74) is 0.311. The van der Waals surface area contributed by atoms with Crippen LogP contribution in [-0.2, 0) is 0 Å². The molecule has 0 aliphatic heterocycles. The zero-order valence-corrected chi connectivity index (χ0v) is 14.7. The Morgan fingerprint density at radius 3 is 2.68 bits per heavy atom. The maximum atomic E-state index is 12.6. The summed E-state index contributed by atoms with van der Waals surface area (Å²) < 4.78 is 10.9. The van der Waals surface area contributed by atoms with E-state index in [1.54, 1.807) is 0 Å². The second kappa shape index (κ2) is 8.47. The first-order valence-electron chi connectivity index (χ1n) is 9.22. The van der Waals surface area contributed by atoms with Crippen LogP contribution >= 0.6 is 0 Å². The number of carbonyl (C=O) groups excluding carboxylic acids is 1. The minimum Gasteiger partial charge on any atom is -0.480 e. The maximum Gasteiger partial charge on any atom is 0.319 e. The van der Waals surface area contributed by atoms with Gasteiger partial charge >= 0.3 is 6.01 Å². The highest BCUT2D eigenvalue weighted by Gasteiger charge is 2.24. The van der Waals surface area contributed by atoms with E-state index in [-0.39, 0.29) is 36.0 Å². The average Bonchev–Trinajstić information content (AvgIpc) is 2.57. The van der Waals surface area contributed by atoms with Crippen LogP contribution in [0.4, 0.5) is 0 Å². The molecule has 1 heterocycles. The molecular weight excluding hydrogens is 322 g/mol. The van der Waals surface area contributed by atoms with Crippen LogP contribution in [0.5, 0.6) is 11.9 Å². The molecule has 0 unspecified atom stereocenters. The van der Waals surface area contributed by atoms with Crippen molar-refractivity contribution >= 4 is 5.91 Å². The number of aliphatic hydroxyl groups is 1. The Kier molecular flexibility index (Phi) is 6.07. The van der Waals surface area contributed by atoms with Crippen molar-refractivity contribution in [3.63, 3.8) is 0 Å². The molecule has 0 radical (unpaired) electrons. The highest BCUT2D eigenvalue weighted by molar-refractivity contribution is 5.96. The van der Waals surface area contributed by atoms with E-state index in [1.165, 1.54) is 19.7 Å². The number of ether oxygens (including phenoxy) is 2. The van der Waals surface area contributed by atoms with Crippen molar-refractivity contribution in [1.29, 1.82) is 0 Å². The molecule has 138 valence electrons. The van der Waals surface area contributed by atoms with E-state index in [9.17, 15) is 9.90 Å². The lowest BCUT2D eigenvalue weighted by molar-refractivity contribution is 0.0902. The average molecular weight is 349 g/mol. The minimum absolute atomic E-state index is 0.0538. The van der Waals surface area contributed by atoms with Crippen LogP contribution in [0, 0.1) is 0 Å². The van der Waals surface area contributed by atoms with Gasteiger partial charge in [-0.15, -0.1) is 0 Å². The SMILES string of the molecule is COc1nc(OC2CCC2)ncc1C(=O)N[C@@H]1CCCC[C@H](O)CC1. The minimum atomic E-state index is -0.263. The summed E-state index contributed by atoms with van der Waals surface area (Å²) in [6.45, 7) is 0. The highest BCUT2D eigenvalue weighted by Crippen LogP contribution is 2.25. The standard InChI is InChI=1S/C18H27N3O4/c1-24-17-15(11-19-18(21-17)25-14-7-4-8-14)16(23)20-12-5-2-3-6-13(22)10-9-12/h11-14,22H,2-10H2,1H3,(H,20,23)/t12-,13+/m1/s1. The Hall–Kier alpha value is -1.89. The van der Waals surface area contributed by atoms with E-state index >= 15 is 0 Å². The van der Waals surface area contributed by atoms with Crippen LogP contribution in [0.25, 0.3) is 0 Å². The predicted molar refractivity (Wildman–Crippen MR) is 91.8 cm³/mol. The van der Waals surface area contributed by atoms with Crippen molar-refractivity contribution in [2.75, 3.05) is 7.11 Å². The molecule has 1 amide bonds. The number of aliphatic hydroxyl groups excluding tert-OH is 1. The smallest absolute Gasteiger partial charge is 0.319 e. The van der Waals surface area contributed by atoms with Gasteiger partial charge in [-0.3, -0.25) is 4.79 Å². The molecule has 25 heavy (non-hydrogen) atoms. The fourth-order valence-electron chi connectivity index (χ4n) is 3.22. The molecule has 1 aromatic rings. The van der Waals surface area contributed by atoms with Crippen LogP contribution in [0.3, 0.4) is 0 Å². The van der Waals surface area contributed by atoms with Gasteiger partial charge in [0.15, 0.2) is 0 Å². The normalized spacial score (nSPS) is 24.6. The zero-order chi connectivity index (χ0) is 17.6. The summed E-state index contributed by atoms with van der Waals surface area (Å²) in [6, 6.07) is 0.310. The fourth-order valence-corrected chi connectivity index (χ4v) is 3.22. The third kappa shape index (κ3) is 4.81. The Morgan fingerprint density at radius 1 is 1.16 bits per heavy atom. The summed E-state index contributed by atoms with van der Waals surface area (Å²) in [5, 5.41) is 12.9. The van der Waals surface area contributed by atoms with Crippen molar-refractivity contribution in [1.82, 2.24) is 15.3 Å². The second-order valence-electron chi connectivity index (χ2n) is 6.93. The lowest BCUT2D eigenvalue weighted by Gasteiger charge is -2.25.